The van der Waals surface area contributed by atoms with Crippen molar-refractivity contribution in [2.45, 2.75) is 31.3 Å². The Balaban J connectivity index is 1.58. The van der Waals surface area contributed by atoms with Gasteiger partial charge in [-0.15, -0.1) is 0 Å². The first-order valence-corrected chi connectivity index (χ1v) is 10.6. The fourth-order valence-corrected chi connectivity index (χ4v) is 5.00. The largest absolute Gasteiger partial charge is 0.394 e. The van der Waals surface area contributed by atoms with E-state index in [0.717, 1.165) is 23.0 Å². The van der Waals surface area contributed by atoms with E-state index in [0.29, 0.717) is 30.2 Å². The van der Waals surface area contributed by atoms with Crippen LogP contribution < -0.4 is 9.80 Å². The molecule has 1 saturated heterocycles. The molecule has 5 rings (SSSR count). The summed E-state index contributed by atoms with van der Waals surface area (Å²) in [5, 5.41) is 24.1. The Bertz CT molecular complexity index is 1280. The van der Waals surface area contributed by atoms with Crippen molar-refractivity contribution in [2.24, 2.45) is 0 Å². The first-order valence-electron chi connectivity index (χ1n) is 9.81. The molecule has 1 N–H and O–H groups in total. The van der Waals surface area contributed by atoms with E-state index >= 15 is 0 Å². The van der Waals surface area contributed by atoms with E-state index in [-0.39, 0.29) is 23.2 Å². The number of hydrogen-bond acceptors (Lipinski definition) is 6. The zero-order valence-electron chi connectivity index (χ0n) is 16.3. The molecule has 8 nitrogen and oxygen atoms in total. The van der Waals surface area contributed by atoms with Gasteiger partial charge in [0.2, 0.25) is 0 Å². The van der Waals surface area contributed by atoms with Crippen molar-refractivity contribution in [1.29, 1.82) is 5.26 Å². The van der Waals surface area contributed by atoms with Gasteiger partial charge in [-0.2, -0.15) is 10.4 Å². The number of anilines is 2. The van der Waals surface area contributed by atoms with Gasteiger partial charge < -0.3 is 10.0 Å². The standard InChI is InChI=1S/C21H17ClN6O2S/c22-16-9-15(12-24-17(16)10-23)27-19(30)21(4-1-5-21)28(20(27)31)14-2-3-18-13(8-14)11-25-26(18)6-7-29/h2-3,8-9,11-12,29H,1,4-7H2. The summed E-state index contributed by atoms with van der Waals surface area (Å²) in [7, 11) is 0. The summed E-state index contributed by atoms with van der Waals surface area (Å²) in [5.74, 6) is -0.109. The minimum absolute atomic E-state index is 0.00248. The zero-order valence-corrected chi connectivity index (χ0v) is 17.9. The molecular weight excluding hydrogens is 436 g/mol. The van der Waals surface area contributed by atoms with Crippen LogP contribution in [0.1, 0.15) is 25.0 Å². The lowest BCUT2D eigenvalue weighted by Gasteiger charge is -2.43. The van der Waals surface area contributed by atoms with Crippen LogP contribution in [-0.2, 0) is 11.3 Å². The molecule has 1 spiro atoms. The van der Waals surface area contributed by atoms with Crippen molar-refractivity contribution in [3.8, 4) is 6.07 Å². The molecule has 3 aromatic rings. The molecule has 10 heteroatoms. The highest BCUT2D eigenvalue weighted by Gasteiger charge is 2.59. The number of rotatable bonds is 4. The Labute approximate surface area is 188 Å². The summed E-state index contributed by atoms with van der Waals surface area (Å²) in [4.78, 5) is 21.0. The van der Waals surface area contributed by atoms with Crippen molar-refractivity contribution in [1.82, 2.24) is 14.8 Å². The maximum absolute atomic E-state index is 13.5. The molecule has 3 heterocycles. The number of halogens is 1. The van der Waals surface area contributed by atoms with Crippen molar-refractivity contribution >= 4 is 57.1 Å². The van der Waals surface area contributed by atoms with Gasteiger partial charge in [-0.05, 0) is 55.7 Å². The van der Waals surface area contributed by atoms with Crippen LogP contribution in [0.2, 0.25) is 5.02 Å². The van der Waals surface area contributed by atoms with Crippen LogP contribution in [-0.4, -0.2) is 43.0 Å². The van der Waals surface area contributed by atoms with Crippen molar-refractivity contribution < 1.29 is 9.90 Å². The number of benzene rings is 1. The number of thiocarbonyl (C=S) groups is 1. The monoisotopic (exact) mass is 452 g/mol. The number of carbonyl (C=O) groups excluding carboxylic acids is 1. The fourth-order valence-electron chi connectivity index (χ4n) is 4.33. The van der Waals surface area contributed by atoms with Crippen LogP contribution in [0, 0.1) is 11.3 Å². The molecule has 1 saturated carbocycles. The minimum Gasteiger partial charge on any atom is -0.394 e. The zero-order chi connectivity index (χ0) is 21.8. The van der Waals surface area contributed by atoms with Gasteiger partial charge in [-0.25, -0.2) is 4.98 Å². The summed E-state index contributed by atoms with van der Waals surface area (Å²) in [6.45, 7) is 0.413. The number of nitrogens with zero attached hydrogens (tertiary/aromatic N) is 6. The first kappa shape index (κ1) is 19.9. The van der Waals surface area contributed by atoms with Gasteiger partial charge >= 0.3 is 0 Å². The van der Waals surface area contributed by atoms with Crippen LogP contribution in [0.25, 0.3) is 10.9 Å². The number of aliphatic hydroxyl groups excluding tert-OH is 1. The fraction of sp³-hybridized carbons (Fsp3) is 0.286. The Morgan fingerprint density at radius 2 is 2.06 bits per heavy atom. The summed E-state index contributed by atoms with van der Waals surface area (Å²) in [6, 6.07) is 9.28. The molecule has 156 valence electrons. The molecule has 2 fully saturated rings. The predicted octanol–water partition coefficient (Wildman–Crippen LogP) is 3.01. The van der Waals surface area contributed by atoms with Crippen LogP contribution in [0.15, 0.2) is 36.7 Å². The number of amides is 1. The number of carbonyl (C=O) groups is 1. The molecule has 1 aliphatic carbocycles. The highest BCUT2D eigenvalue weighted by atomic mass is 35.5. The predicted molar refractivity (Wildman–Crippen MR) is 120 cm³/mol. The SMILES string of the molecule is N#Cc1ncc(N2C(=O)C3(CCC3)N(c3ccc4c(cnn4CCO)c3)C2=S)cc1Cl. The quantitative estimate of drug-likeness (QED) is 0.607. The van der Waals surface area contributed by atoms with E-state index in [4.69, 9.17) is 29.1 Å². The highest BCUT2D eigenvalue weighted by Crippen LogP contribution is 2.48. The molecule has 0 atom stereocenters. The summed E-state index contributed by atoms with van der Waals surface area (Å²) in [5.41, 5.74) is 1.53. The Hall–Kier alpha value is -3.06. The average Bonchev–Trinajstić information content (AvgIpc) is 3.23. The molecule has 1 aliphatic heterocycles. The second-order valence-corrected chi connectivity index (χ2v) is 8.39. The van der Waals surface area contributed by atoms with Crippen molar-refractivity contribution in [3.05, 3.63) is 47.4 Å². The van der Waals surface area contributed by atoms with E-state index in [1.54, 1.807) is 16.9 Å². The molecule has 0 unspecified atom stereocenters. The third-order valence-electron chi connectivity index (χ3n) is 5.98. The highest BCUT2D eigenvalue weighted by molar-refractivity contribution is 7.81. The lowest BCUT2D eigenvalue weighted by Crippen LogP contribution is -2.55. The van der Waals surface area contributed by atoms with Crippen LogP contribution in [0.5, 0.6) is 0 Å². The number of aliphatic hydroxyl groups is 1. The number of hydrogen-bond donors (Lipinski definition) is 1. The lowest BCUT2D eigenvalue weighted by atomic mass is 9.75. The average molecular weight is 453 g/mol. The van der Waals surface area contributed by atoms with Gasteiger partial charge in [0.05, 0.1) is 41.8 Å². The van der Waals surface area contributed by atoms with Gasteiger partial charge in [0.25, 0.3) is 5.91 Å². The lowest BCUT2D eigenvalue weighted by molar-refractivity contribution is -0.123. The van der Waals surface area contributed by atoms with Gasteiger partial charge in [0, 0.05) is 11.1 Å². The van der Waals surface area contributed by atoms with E-state index < -0.39 is 5.54 Å². The van der Waals surface area contributed by atoms with E-state index in [9.17, 15) is 9.90 Å². The van der Waals surface area contributed by atoms with Gasteiger partial charge in [-0.1, -0.05) is 11.6 Å². The normalized spacial score (nSPS) is 17.5. The number of aromatic nitrogens is 3. The summed E-state index contributed by atoms with van der Waals surface area (Å²) < 4.78 is 1.74. The second kappa shape index (κ2) is 7.27. The first-order chi connectivity index (χ1) is 15.0. The van der Waals surface area contributed by atoms with E-state index in [1.165, 1.54) is 11.1 Å². The van der Waals surface area contributed by atoms with Crippen LogP contribution >= 0.6 is 23.8 Å². The van der Waals surface area contributed by atoms with Crippen LogP contribution in [0.3, 0.4) is 0 Å². The molecule has 2 aromatic heterocycles. The van der Waals surface area contributed by atoms with Gasteiger partial charge in [-0.3, -0.25) is 14.4 Å². The summed E-state index contributed by atoms with van der Waals surface area (Å²) in [6.07, 6.45) is 5.52. The molecule has 1 amide bonds. The Morgan fingerprint density at radius 1 is 1.26 bits per heavy atom. The van der Waals surface area contributed by atoms with Crippen molar-refractivity contribution in [3.63, 3.8) is 0 Å². The number of fused-ring (bicyclic) bond motifs is 1. The van der Waals surface area contributed by atoms with E-state index in [2.05, 4.69) is 10.1 Å². The van der Waals surface area contributed by atoms with Crippen molar-refractivity contribution in [2.75, 3.05) is 16.4 Å². The topological polar surface area (TPSA) is 98.3 Å². The van der Waals surface area contributed by atoms with Crippen LogP contribution in [0.4, 0.5) is 11.4 Å². The molecule has 31 heavy (non-hydrogen) atoms. The molecule has 2 aliphatic rings. The minimum atomic E-state index is -0.730. The molecule has 0 radical (unpaired) electrons. The smallest absolute Gasteiger partial charge is 0.259 e. The third-order valence-corrected chi connectivity index (χ3v) is 6.63. The Kier molecular flexibility index (Phi) is 4.66. The van der Waals surface area contributed by atoms with E-state index in [1.807, 2.05) is 29.2 Å². The molecular formula is C21H17ClN6O2S. The molecule has 1 aromatic carbocycles. The van der Waals surface area contributed by atoms with Gasteiger partial charge in [0.1, 0.15) is 11.6 Å². The summed E-state index contributed by atoms with van der Waals surface area (Å²) >= 11 is 11.9. The maximum atomic E-state index is 13.5. The third kappa shape index (κ3) is 2.83. The number of nitriles is 1. The maximum Gasteiger partial charge on any atom is 0.259 e. The molecule has 0 bridgehead atoms. The van der Waals surface area contributed by atoms with Gasteiger partial charge in [0.15, 0.2) is 10.8 Å². The number of pyridine rings is 1. The second-order valence-electron chi connectivity index (χ2n) is 7.61. The Morgan fingerprint density at radius 3 is 2.71 bits per heavy atom.